The van der Waals surface area contributed by atoms with Crippen molar-refractivity contribution < 1.29 is 27.5 Å². The fraction of sp³-hybridized carbons (Fsp3) is 0.320. The second kappa shape index (κ2) is 15.9. The molecule has 8 N–H and O–H groups in total. The third-order valence-electron chi connectivity index (χ3n) is 4.88. The molecule has 2 rings (SSSR count). The summed E-state index contributed by atoms with van der Waals surface area (Å²) in [6.07, 6.45) is 3.69. The van der Waals surface area contributed by atoms with Crippen LogP contribution in [0.5, 0.6) is 5.75 Å². The number of aryl methyl sites for hydroxylation is 1. The maximum Gasteiger partial charge on any atom is 0.573 e. The van der Waals surface area contributed by atoms with Gasteiger partial charge >= 0.3 is 6.36 Å². The number of carbonyl (C=O) groups is 2. The summed E-state index contributed by atoms with van der Waals surface area (Å²) in [5.41, 5.74) is 12.8. The van der Waals surface area contributed by atoms with Gasteiger partial charge in [-0.3, -0.25) is 9.59 Å². The van der Waals surface area contributed by atoms with E-state index in [1.165, 1.54) is 35.6 Å². The second-order valence-corrected chi connectivity index (χ2v) is 9.43. The van der Waals surface area contributed by atoms with Crippen molar-refractivity contribution in [2.45, 2.75) is 44.9 Å². The number of nitrogens with zero attached hydrogens (tertiary/aromatic N) is 2. The minimum atomic E-state index is -4.82. The minimum absolute atomic E-state index is 0.0345. The predicted molar refractivity (Wildman–Crippen MR) is 146 cm³/mol. The Morgan fingerprint density at radius 1 is 1.15 bits per heavy atom. The summed E-state index contributed by atoms with van der Waals surface area (Å²) in [6.45, 7) is 0. The number of amides is 2. The highest BCUT2D eigenvalue weighted by molar-refractivity contribution is 7.15. The molecular formula is C25H31F3N8O3S. The van der Waals surface area contributed by atoms with Crippen LogP contribution in [0, 0.1) is 5.41 Å². The molecule has 0 spiro atoms. The Morgan fingerprint density at radius 2 is 1.93 bits per heavy atom. The largest absolute Gasteiger partial charge is 0.573 e. The van der Waals surface area contributed by atoms with Gasteiger partial charge in [0.25, 0.3) is 0 Å². The molecule has 0 saturated carbocycles. The third kappa shape index (κ3) is 13.4. The van der Waals surface area contributed by atoms with E-state index in [4.69, 9.17) is 16.9 Å². The van der Waals surface area contributed by atoms with Crippen molar-refractivity contribution in [3.63, 3.8) is 0 Å². The number of anilines is 1. The summed E-state index contributed by atoms with van der Waals surface area (Å²) < 4.78 is 40.9. The fourth-order valence-electron chi connectivity index (χ4n) is 3.15. The molecule has 0 radical (unpaired) electrons. The van der Waals surface area contributed by atoms with E-state index in [2.05, 4.69) is 30.9 Å². The van der Waals surface area contributed by atoms with E-state index in [-0.39, 0.29) is 30.3 Å². The Kier molecular flexibility index (Phi) is 12.6. The lowest BCUT2D eigenvalue weighted by Crippen LogP contribution is -2.28. The van der Waals surface area contributed by atoms with E-state index >= 15 is 0 Å². The molecule has 2 amide bonds. The van der Waals surface area contributed by atoms with Gasteiger partial charge in [-0.2, -0.15) is 0 Å². The van der Waals surface area contributed by atoms with E-state index in [1.54, 1.807) is 19.3 Å². The van der Waals surface area contributed by atoms with Crippen LogP contribution in [0.15, 0.2) is 60.2 Å². The van der Waals surface area contributed by atoms with Crippen LogP contribution in [-0.4, -0.2) is 41.1 Å². The molecule has 0 aliphatic carbocycles. The first-order valence-corrected chi connectivity index (χ1v) is 12.8. The topological polar surface area (TPSA) is 181 Å². The van der Waals surface area contributed by atoms with Crippen LogP contribution in [0.3, 0.4) is 0 Å². The van der Waals surface area contributed by atoms with Gasteiger partial charge in [-0.05, 0) is 61.4 Å². The second-order valence-electron chi connectivity index (χ2n) is 8.36. The molecule has 1 aromatic heterocycles. The van der Waals surface area contributed by atoms with E-state index < -0.39 is 18.0 Å². The van der Waals surface area contributed by atoms with Gasteiger partial charge in [0.2, 0.25) is 16.9 Å². The third-order valence-corrected chi connectivity index (χ3v) is 5.78. The Bertz CT molecular complexity index is 1260. The molecule has 1 heterocycles. The van der Waals surface area contributed by atoms with Crippen molar-refractivity contribution >= 4 is 34.0 Å². The summed E-state index contributed by atoms with van der Waals surface area (Å²) in [5, 5.41) is 24.7. The predicted octanol–water partition coefficient (Wildman–Crippen LogP) is 3.23. The van der Waals surface area contributed by atoms with E-state index in [0.29, 0.717) is 29.2 Å². The first-order chi connectivity index (χ1) is 18.9. The van der Waals surface area contributed by atoms with Crippen LogP contribution in [0.25, 0.3) is 0 Å². The molecule has 2 aromatic rings. The number of nitrogens with one attached hydrogen (secondary N) is 4. The van der Waals surface area contributed by atoms with Gasteiger partial charge in [0, 0.05) is 24.9 Å². The molecule has 0 fully saturated rings. The quantitative estimate of drug-likeness (QED) is 0.105. The number of hydrogen-bond acceptors (Lipinski definition) is 10. The van der Waals surface area contributed by atoms with Crippen molar-refractivity contribution in [1.82, 2.24) is 20.8 Å². The van der Waals surface area contributed by atoms with Crippen molar-refractivity contribution in [3.8, 4) is 5.75 Å². The van der Waals surface area contributed by atoms with Crippen LogP contribution in [0.1, 0.15) is 36.3 Å². The smallest absolute Gasteiger partial charge is 0.406 e. The number of allylic oxidation sites excluding steroid dienone is 4. The number of benzene rings is 1. The van der Waals surface area contributed by atoms with Gasteiger partial charge < -0.3 is 37.6 Å². The Labute approximate surface area is 233 Å². The van der Waals surface area contributed by atoms with Gasteiger partial charge in [-0.15, -0.1) is 23.4 Å². The summed E-state index contributed by atoms with van der Waals surface area (Å²) in [7, 11) is 1.70. The molecule has 0 aliphatic heterocycles. The summed E-state index contributed by atoms with van der Waals surface area (Å²) in [4.78, 5) is 24.1. The lowest BCUT2D eigenvalue weighted by atomic mass is 10.1. The summed E-state index contributed by atoms with van der Waals surface area (Å²) >= 11 is 1.26. The maximum absolute atomic E-state index is 12.4. The SMILES string of the molecule is CN/C=C\C(=N)CC(=O)Nc1nnc(CCCC/C(N)=C/C=C(\N)NC(=O)Cc2cccc(OC(F)(F)F)c2)s1. The molecule has 0 saturated heterocycles. The van der Waals surface area contributed by atoms with Gasteiger partial charge in [-0.1, -0.05) is 23.5 Å². The molecule has 1 aromatic carbocycles. The summed E-state index contributed by atoms with van der Waals surface area (Å²) in [5.74, 6) is -1.24. The average Bonchev–Trinajstić information content (AvgIpc) is 3.30. The molecule has 15 heteroatoms. The average molecular weight is 581 g/mol. The minimum Gasteiger partial charge on any atom is -0.406 e. The lowest BCUT2D eigenvalue weighted by Gasteiger charge is -2.10. The van der Waals surface area contributed by atoms with Crippen molar-refractivity contribution in [2.75, 3.05) is 12.4 Å². The highest BCUT2D eigenvalue weighted by Crippen LogP contribution is 2.23. The number of unbranched alkanes of at least 4 members (excludes halogenated alkanes) is 1. The van der Waals surface area contributed by atoms with Crippen LogP contribution < -0.4 is 32.2 Å². The number of ether oxygens (including phenoxy) is 1. The van der Waals surface area contributed by atoms with Crippen LogP contribution in [0.4, 0.5) is 18.3 Å². The number of carbonyl (C=O) groups excluding carboxylic acids is 2. The van der Waals surface area contributed by atoms with E-state index in [9.17, 15) is 22.8 Å². The number of rotatable bonds is 15. The Morgan fingerprint density at radius 3 is 2.65 bits per heavy atom. The molecule has 0 bridgehead atoms. The normalized spacial score (nSPS) is 12.3. The molecule has 11 nitrogen and oxygen atoms in total. The highest BCUT2D eigenvalue weighted by atomic mass is 32.1. The van der Waals surface area contributed by atoms with E-state index in [0.717, 1.165) is 30.0 Å². The Balaban J connectivity index is 1.71. The molecule has 0 unspecified atom stereocenters. The Hall–Kier alpha value is -4.40. The number of hydrogen-bond donors (Lipinski definition) is 6. The van der Waals surface area contributed by atoms with Gasteiger partial charge in [0.15, 0.2) is 0 Å². The zero-order valence-corrected chi connectivity index (χ0v) is 22.5. The highest BCUT2D eigenvalue weighted by Gasteiger charge is 2.31. The van der Waals surface area contributed by atoms with Crippen LogP contribution >= 0.6 is 11.3 Å². The van der Waals surface area contributed by atoms with Gasteiger partial charge in [-0.25, -0.2) is 0 Å². The number of aromatic nitrogens is 2. The molecule has 40 heavy (non-hydrogen) atoms. The standard InChI is InChI=1S/C25H31F3N8O3S/c1-32-12-11-18(30)15-22(38)34-24-36-35-23(40-24)8-3-2-6-17(29)9-10-20(31)33-21(37)14-16-5-4-7-19(13-16)39-25(26,27)28/h4-5,7,9-13,30,32H,2-3,6,8,14-15,29,31H2,1H3,(H,33,37)(H,34,36,38)/b12-11-,17-9-,20-10+,30-18?. The van der Waals surface area contributed by atoms with Gasteiger partial charge in [0.05, 0.1) is 12.8 Å². The van der Waals surface area contributed by atoms with Crippen LogP contribution in [0.2, 0.25) is 0 Å². The zero-order valence-electron chi connectivity index (χ0n) is 21.7. The molecule has 216 valence electrons. The maximum atomic E-state index is 12.4. The van der Waals surface area contributed by atoms with Crippen molar-refractivity contribution in [3.05, 3.63) is 70.8 Å². The van der Waals surface area contributed by atoms with Crippen LogP contribution in [-0.2, 0) is 22.4 Å². The van der Waals surface area contributed by atoms with Crippen molar-refractivity contribution in [2.24, 2.45) is 11.5 Å². The van der Waals surface area contributed by atoms with Crippen molar-refractivity contribution in [1.29, 1.82) is 5.41 Å². The molecular weight excluding hydrogens is 549 g/mol. The first kappa shape index (κ1) is 31.8. The lowest BCUT2D eigenvalue weighted by molar-refractivity contribution is -0.274. The number of alkyl halides is 3. The molecule has 0 atom stereocenters. The van der Waals surface area contributed by atoms with Gasteiger partial charge in [0.1, 0.15) is 16.6 Å². The fourth-order valence-corrected chi connectivity index (χ4v) is 3.95. The number of halogens is 3. The zero-order chi connectivity index (χ0) is 29.5. The molecule has 0 aliphatic rings. The monoisotopic (exact) mass is 580 g/mol. The van der Waals surface area contributed by atoms with E-state index in [1.807, 2.05) is 0 Å². The summed E-state index contributed by atoms with van der Waals surface area (Å²) in [6, 6.07) is 5.12. The number of nitrogens with two attached hydrogens (primary N) is 2. The first-order valence-electron chi connectivity index (χ1n) is 12.0.